The lowest BCUT2D eigenvalue weighted by molar-refractivity contribution is -0.170. The lowest BCUT2D eigenvalue weighted by Crippen LogP contribution is -2.50. The summed E-state index contributed by atoms with van der Waals surface area (Å²) in [6.07, 6.45) is 6.77. The smallest absolute Gasteiger partial charge is 0.312 e. The number of rotatable bonds is 4. The number of nitrogens with one attached hydrogen (secondary N) is 1. The summed E-state index contributed by atoms with van der Waals surface area (Å²) < 4.78 is 5.60. The van der Waals surface area contributed by atoms with E-state index < -0.39 is 16.9 Å². The summed E-state index contributed by atoms with van der Waals surface area (Å²) in [6.45, 7) is 10.0. The standard InChI is InChI=1S/C26H37N5O5/c1-25(2,3)36-23(35)26(4)9-13-30(14-10-26)22(34)17-7-11-31(12-8-17)24-27-15-18(16-28-24)19-5-6-20(32)29-21(19)33/h15-17,19H,5-14H2,1-4H3,(H,29,32,33). The summed E-state index contributed by atoms with van der Waals surface area (Å²) in [4.78, 5) is 62.2. The second-order valence-corrected chi connectivity index (χ2v) is 11.5. The normalized spacial score (nSPS) is 23.3. The van der Waals surface area contributed by atoms with Crippen molar-refractivity contribution in [2.45, 2.75) is 77.7 Å². The molecule has 4 rings (SSSR count). The first-order chi connectivity index (χ1) is 16.9. The number of imide groups is 1. The van der Waals surface area contributed by atoms with Crippen molar-refractivity contribution in [2.75, 3.05) is 31.1 Å². The zero-order valence-electron chi connectivity index (χ0n) is 21.7. The Bertz CT molecular complexity index is 1000. The lowest BCUT2D eigenvalue weighted by Gasteiger charge is -2.41. The monoisotopic (exact) mass is 499 g/mol. The molecule has 1 aromatic rings. The third-order valence-electron chi connectivity index (χ3n) is 7.50. The van der Waals surface area contributed by atoms with Crippen LogP contribution in [0, 0.1) is 11.3 Å². The van der Waals surface area contributed by atoms with Crippen LogP contribution in [0.2, 0.25) is 0 Å². The van der Waals surface area contributed by atoms with E-state index in [1.54, 1.807) is 12.4 Å². The van der Waals surface area contributed by atoms with E-state index in [0.29, 0.717) is 63.4 Å². The van der Waals surface area contributed by atoms with Crippen LogP contribution in [0.5, 0.6) is 0 Å². The first kappa shape index (κ1) is 26.0. The summed E-state index contributed by atoms with van der Waals surface area (Å²) in [5, 5.41) is 2.36. The van der Waals surface area contributed by atoms with Crippen molar-refractivity contribution in [1.29, 1.82) is 0 Å². The van der Waals surface area contributed by atoms with Gasteiger partial charge in [-0.05, 0) is 59.8 Å². The molecule has 0 bridgehead atoms. The van der Waals surface area contributed by atoms with Gasteiger partial charge in [-0.1, -0.05) is 0 Å². The summed E-state index contributed by atoms with van der Waals surface area (Å²) in [5.74, 6) is -0.423. The Morgan fingerprint density at radius 1 is 1.03 bits per heavy atom. The molecule has 1 aromatic heterocycles. The lowest BCUT2D eigenvalue weighted by atomic mass is 9.79. The fourth-order valence-corrected chi connectivity index (χ4v) is 5.10. The molecule has 0 spiro atoms. The maximum atomic E-state index is 13.2. The van der Waals surface area contributed by atoms with Gasteiger partial charge in [-0.25, -0.2) is 9.97 Å². The van der Waals surface area contributed by atoms with Crippen molar-refractivity contribution in [3.63, 3.8) is 0 Å². The maximum absolute atomic E-state index is 13.2. The SMILES string of the molecule is CC(C)(C)OC(=O)C1(C)CCN(C(=O)C2CCN(c3ncc(C4CCC(=O)NC4=O)cn3)CC2)CC1. The van der Waals surface area contributed by atoms with Crippen LogP contribution in [0.1, 0.15) is 77.7 Å². The molecular weight excluding hydrogens is 462 g/mol. The first-order valence-corrected chi connectivity index (χ1v) is 12.9. The van der Waals surface area contributed by atoms with E-state index >= 15 is 0 Å². The minimum atomic E-state index is -0.551. The Kier molecular flexibility index (Phi) is 7.33. The van der Waals surface area contributed by atoms with Crippen LogP contribution < -0.4 is 10.2 Å². The number of hydrogen-bond acceptors (Lipinski definition) is 8. The highest BCUT2D eigenvalue weighted by Gasteiger charge is 2.42. The third-order valence-corrected chi connectivity index (χ3v) is 7.50. The molecule has 3 aliphatic rings. The van der Waals surface area contributed by atoms with E-state index in [1.807, 2.05) is 32.6 Å². The number of likely N-dealkylation sites (tertiary alicyclic amines) is 1. The Morgan fingerprint density at radius 3 is 2.19 bits per heavy atom. The molecule has 3 amide bonds. The number of esters is 1. The molecule has 1 unspecified atom stereocenters. The fraction of sp³-hybridized carbons (Fsp3) is 0.692. The van der Waals surface area contributed by atoms with Gasteiger partial charge in [0.2, 0.25) is 23.7 Å². The molecule has 1 N–H and O–H groups in total. The van der Waals surface area contributed by atoms with E-state index in [4.69, 9.17) is 4.74 Å². The second kappa shape index (κ2) is 10.1. The number of amides is 3. The molecule has 0 aliphatic carbocycles. The van der Waals surface area contributed by atoms with Crippen LogP contribution in [-0.4, -0.2) is 70.3 Å². The van der Waals surface area contributed by atoms with Crippen LogP contribution in [0.25, 0.3) is 0 Å². The molecule has 1 atom stereocenters. The van der Waals surface area contributed by atoms with E-state index in [2.05, 4.69) is 20.2 Å². The minimum absolute atomic E-state index is 0.0464. The van der Waals surface area contributed by atoms with E-state index in [1.165, 1.54) is 0 Å². The number of piperidine rings is 3. The Morgan fingerprint density at radius 2 is 1.64 bits per heavy atom. The number of carbonyl (C=O) groups is 4. The largest absolute Gasteiger partial charge is 0.460 e. The summed E-state index contributed by atoms with van der Waals surface area (Å²) in [5.41, 5.74) is -0.363. The zero-order valence-corrected chi connectivity index (χ0v) is 21.7. The predicted molar refractivity (Wildman–Crippen MR) is 132 cm³/mol. The molecule has 0 radical (unpaired) electrons. The van der Waals surface area contributed by atoms with Crippen LogP contribution in [-0.2, 0) is 23.9 Å². The average molecular weight is 500 g/mol. The second-order valence-electron chi connectivity index (χ2n) is 11.5. The Labute approximate surface area is 212 Å². The van der Waals surface area contributed by atoms with Gasteiger partial charge in [0.1, 0.15) is 5.60 Å². The van der Waals surface area contributed by atoms with Gasteiger partial charge in [0.25, 0.3) is 0 Å². The Hall–Kier alpha value is -3.04. The molecule has 4 heterocycles. The van der Waals surface area contributed by atoms with Gasteiger partial charge in [0.05, 0.1) is 11.3 Å². The highest BCUT2D eigenvalue weighted by Crippen LogP contribution is 2.35. The fourth-order valence-electron chi connectivity index (χ4n) is 5.10. The third kappa shape index (κ3) is 5.84. The van der Waals surface area contributed by atoms with Gasteiger partial charge in [-0.3, -0.25) is 24.5 Å². The highest BCUT2D eigenvalue weighted by molar-refractivity contribution is 6.00. The van der Waals surface area contributed by atoms with Gasteiger partial charge in [-0.15, -0.1) is 0 Å². The van der Waals surface area contributed by atoms with Crippen LogP contribution in [0.3, 0.4) is 0 Å². The number of aromatic nitrogens is 2. The van der Waals surface area contributed by atoms with Crippen molar-refractivity contribution >= 4 is 29.6 Å². The zero-order chi connectivity index (χ0) is 26.1. The maximum Gasteiger partial charge on any atom is 0.312 e. The van der Waals surface area contributed by atoms with Crippen molar-refractivity contribution < 1.29 is 23.9 Å². The van der Waals surface area contributed by atoms with Crippen LogP contribution in [0.15, 0.2) is 12.4 Å². The number of anilines is 1. The van der Waals surface area contributed by atoms with Gasteiger partial charge in [0.15, 0.2) is 0 Å². The molecule has 3 saturated heterocycles. The van der Waals surface area contributed by atoms with Gasteiger partial charge in [0, 0.05) is 56.5 Å². The highest BCUT2D eigenvalue weighted by atomic mass is 16.6. The van der Waals surface area contributed by atoms with Crippen molar-refractivity contribution in [2.24, 2.45) is 11.3 Å². The minimum Gasteiger partial charge on any atom is -0.460 e. The molecule has 10 nitrogen and oxygen atoms in total. The molecule has 0 aromatic carbocycles. The van der Waals surface area contributed by atoms with Crippen molar-refractivity contribution in [3.05, 3.63) is 18.0 Å². The van der Waals surface area contributed by atoms with E-state index in [9.17, 15) is 19.2 Å². The molecule has 10 heteroatoms. The number of nitrogens with zero attached hydrogens (tertiary/aromatic N) is 4. The molecule has 3 aliphatic heterocycles. The van der Waals surface area contributed by atoms with Crippen molar-refractivity contribution in [1.82, 2.24) is 20.2 Å². The van der Waals surface area contributed by atoms with Crippen molar-refractivity contribution in [3.8, 4) is 0 Å². The van der Waals surface area contributed by atoms with Gasteiger partial charge in [-0.2, -0.15) is 0 Å². The van der Waals surface area contributed by atoms with Gasteiger partial charge < -0.3 is 14.5 Å². The van der Waals surface area contributed by atoms with Gasteiger partial charge >= 0.3 is 5.97 Å². The molecule has 196 valence electrons. The van der Waals surface area contributed by atoms with E-state index in [-0.39, 0.29) is 29.6 Å². The number of ether oxygens (including phenoxy) is 1. The van der Waals surface area contributed by atoms with Crippen LogP contribution >= 0.6 is 0 Å². The van der Waals surface area contributed by atoms with Crippen LogP contribution in [0.4, 0.5) is 5.95 Å². The molecule has 3 fully saturated rings. The summed E-state index contributed by atoms with van der Waals surface area (Å²) >= 11 is 0. The quantitative estimate of drug-likeness (QED) is 0.494. The Balaban J connectivity index is 1.26. The molecule has 36 heavy (non-hydrogen) atoms. The summed E-state index contributed by atoms with van der Waals surface area (Å²) in [7, 11) is 0. The average Bonchev–Trinajstić information content (AvgIpc) is 2.83. The van der Waals surface area contributed by atoms with E-state index in [0.717, 1.165) is 12.8 Å². The predicted octanol–water partition coefficient (Wildman–Crippen LogP) is 2.18. The summed E-state index contributed by atoms with van der Waals surface area (Å²) in [6, 6.07) is 0. The topological polar surface area (TPSA) is 122 Å². The molecule has 0 saturated carbocycles. The first-order valence-electron chi connectivity index (χ1n) is 12.9. The number of carbonyl (C=O) groups excluding carboxylic acids is 4. The number of hydrogen-bond donors (Lipinski definition) is 1. The molecular formula is C26H37N5O5.